The summed E-state index contributed by atoms with van der Waals surface area (Å²) in [6.07, 6.45) is 1.45. The van der Waals surface area contributed by atoms with Gasteiger partial charge in [-0.25, -0.2) is 4.79 Å². The molecule has 0 spiro atoms. The van der Waals surface area contributed by atoms with Gasteiger partial charge in [0.05, 0.1) is 13.7 Å². The van der Waals surface area contributed by atoms with E-state index in [1.165, 1.54) is 4.90 Å². The summed E-state index contributed by atoms with van der Waals surface area (Å²) in [6, 6.07) is 5.86. The fourth-order valence-electron chi connectivity index (χ4n) is 2.52. The number of carboxylic acid groups (broad SMARTS) is 1. The minimum absolute atomic E-state index is 0.330. The lowest BCUT2D eigenvalue weighted by Crippen LogP contribution is -2.44. The number of nitrogens with zero attached hydrogens (tertiary/aromatic N) is 1. The van der Waals surface area contributed by atoms with Gasteiger partial charge < -0.3 is 14.6 Å². The zero-order valence-electron chi connectivity index (χ0n) is 12.0. The molecule has 20 heavy (non-hydrogen) atoms. The third-order valence-corrected chi connectivity index (χ3v) is 3.60. The van der Waals surface area contributed by atoms with E-state index in [2.05, 4.69) is 0 Å². The van der Waals surface area contributed by atoms with Crippen LogP contribution in [0.15, 0.2) is 18.2 Å². The van der Waals surface area contributed by atoms with Crippen molar-refractivity contribution < 1.29 is 19.4 Å². The summed E-state index contributed by atoms with van der Waals surface area (Å²) in [5, 5.41) is 9.15. The first kappa shape index (κ1) is 14.7. The molecule has 2 rings (SSSR count). The molecule has 5 heteroatoms. The minimum atomic E-state index is -0.902. The Balaban J connectivity index is 1.96. The van der Waals surface area contributed by atoms with Gasteiger partial charge in [-0.3, -0.25) is 4.90 Å². The molecule has 1 saturated heterocycles. The third kappa shape index (κ3) is 3.42. The molecular weight excluding hydrogens is 258 g/mol. The average molecular weight is 279 g/mol. The first-order valence-corrected chi connectivity index (χ1v) is 6.86. The van der Waals surface area contributed by atoms with Gasteiger partial charge in [-0.15, -0.1) is 0 Å². The number of ether oxygens (including phenoxy) is 2. The van der Waals surface area contributed by atoms with Crippen molar-refractivity contribution in [3.05, 3.63) is 29.3 Å². The van der Waals surface area contributed by atoms with Crippen LogP contribution in [0.5, 0.6) is 5.75 Å². The molecule has 0 aromatic heterocycles. The predicted molar refractivity (Wildman–Crippen MR) is 74.9 cm³/mol. The number of hydrogen-bond donors (Lipinski definition) is 1. The number of hydrogen-bond acceptors (Lipinski definition) is 3. The predicted octanol–water partition coefficient (Wildman–Crippen LogP) is 3.01. The van der Waals surface area contributed by atoms with Gasteiger partial charge in [0.15, 0.2) is 0 Å². The molecule has 110 valence electrons. The van der Waals surface area contributed by atoms with E-state index in [4.69, 9.17) is 14.6 Å². The van der Waals surface area contributed by atoms with Crippen molar-refractivity contribution in [3.63, 3.8) is 0 Å². The van der Waals surface area contributed by atoms with Crippen LogP contribution in [-0.4, -0.2) is 36.0 Å². The highest BCUT2D eigenvalue weighted by Gasteiger charge is 2.26. The SMILES string of the molecule is COc1ccc(COC2CCCCN2C(=O)O)cc1C. The number of methoxy groups -OCH3 is 1. The highest BCUT2D eigenvalue weighted by molar-refractivity contribution is 5.65. The molecule has 1 unspecified atom stereocenters. The topological polar surface area (TPSA) is 59.0 Å². The molecule has 1 atom stereocenters. The molecule has 0 aliphatic carbocycles. The summed E-state index contributed by atoms with van der Waals surface area (Å²) < 4.78 is 11.0. The second kappa shape index (κ2) is 6.61. The van der Waals surface area contributed by atoms with Gasteiger partial charge in [0, 0.05) is 6.54 Å². The lowest BCUT2D eigenvalue weighted by Gasteiger charge is -2.33. The van der Waals surface area contributed by atoms with E-state index >= 15 is 0 Å². The van der Waals surface area contributed by atoms with Crippen LogP contribution in [0.3, 0.4) is 0 Å². The molecular formula is C15H21NO4. The summed E-state index contributed by atoms with van der Waals surface area (Å²) in [4.78, 5) is 12.5. The van der Waals surface area contributed by atoms with E-state index in [-0.39, 0.29) is 6.23 Å². The Kier molecular flexibility index (Phi) is 4.84. The maximum Gasteiger partial charge on any atom is 0.409 e. The largest absolute Gasteiger partial charge is 0.496 e. The molecule has 1 aliphatic heterocycles. The molecule has 1 amide bonds. The zero-order valence-corrected chi connectivity index (χ0v) is 12.0. The summed E-state index contributed by atoms with van der Waals surface area (Å²) in [6.45, 7) is 2.95. The third-order valence-electron chi connectivity index (χ3n) is 3.60. The van der Waals surface area contributed by atoms with Gasteiger partial charge in [-0.1, -0.05) is 12.1 Å². The molecule has 5 nitrogen and oxygen atoms in total. The van der Waals surface area contributed by atoms with Crippen molar-refractivity contribution in [2.75, 3.05) is 13.7 Å². The average Bonchev–Trinajstić information content (AvgIpc) is 2.45. The Morgan fingerprint density at radius 1 is 1.45 bits per heavy atom. The lowest BCUT2D eigenvalue weighted by molar-refractivity contribution is -0.0745. The number of aryl methyl sites for hydroxylation is 1. The second-order valence-corrected chi connectivity index (χ2v) is 5.04. The van der Waals surface area contributed by atoms with Crippen LogP contribution in [-0.2, 0) is 11.3 Å². The molecule has 1 aliphatic rings. The van der Waals surface area contributed by atoms with E-state index in [9.17, 15) is 4.79 Å². The van der Waals surface area contributed by atoms with Crippen molar-refractivity contribution in [1.29, 1.82) is 0 Å². The summed E-state index contributed by atoms with van der Waals surface area (Å²) in [7, 11) is 1.64. The maximum absolute atomic E-state index is 11.1. The number of rotatable bonds is 4. The molecule has 0 bridgehead atoms. The standard InChI is InChI=1S/C15H21NO4/c1-11-9-12(6-7-13(11)19-2)10-20-14-5-3-4-8-16(14)15(17)18/h6-7,9,14H,3-5,8,10H2,1-2H3,(H,17,18). The fraction of sp³-hybridized carbons (Fsp3) is 0.533. The van der Waals surface area contributed by atoms with Crippen molar-refractivity contribution in [2.45, 2.75) is 39.0 Å². The summed E-state index contributed by atoms with van der Waals surface area (Å²) in [5.74, 6) is 0.846. The van der Waals surface area contributed by atoms with Crippen LogP contribution in [0, 0.1) is 6.92 Å². The van der Waals surface area contributed by atoms with Crippen LogP contribution in [0.4, 0.5) is 4.79 Å². The highest BCUT2D eigenvalue weighted by Crippen LogP contribution is 2.22. The lowest BCUT2D eigenvalue weighted by atomic mass is 10.1. The molecule has 0 radical (unpaired) electrons. The molecule has 0 saturated carbocycles. The first-order valence-electron chi connectivity index (χ1n) is 6.86. The van der Waals surface area contributed by atoms with Gasteiger partial charge in [-0.05, 0) is 43.4 Å². The van der Waals surface area contributed by atoms with Crippen LogP contribution in [0.2, 0.25) is 0 Å². The molecule has 1 aromatic carbocycles. The maximum atomic E-state index is 11.1. The van der Waals surface area contributed by atoms with Crippen LogP contribution in [0.25, 0.3) is 0 Å². The van der Waals surface area contributed by atoms with Gasteiger partial charge in [-0.2, -0.15) is 0 Å². The Hall–Kier alpha value is -1.75. The van der Waals surface area contributed by atoms with E-state index in [1.807, 2.05) is 25.1 Å². The number of likely N-dealkylation sites (tertiary alicyclic amines) is 1. The fourth-order valence-corrected chi connectivity index (χ4v) is 2.52. The number of benzene rings is 1. The Morgan fingerprint density at radius 3 is 2.90 bits per heavy atom. The second-order valence-electron chi connectivity index (χ2n) is 5.04. The molecule has 1 fully saturated rings. The normalized spacial score (nSPS) is 18.9. The number of piperidine rings is 1. The van der Waals surface area contributed by atoms with Gasteiger partial charge >= 0.3 is 6.09 Å². The van der Waals surface area contributed by atoms with Gasteiger partial charge in [0.1, 0.15) is 12.0 Å². The van der Waals surface area contributed by atoms with E-state index in [1.54, 1.807) is 7.11 Å². The monoisotopic (exact) mass is 279 g/mol. The summed E-state index contributed by atoms with van der Waals surface area (Å²) >= 11 is 0. The van der Waals surface area contributed by atoms with Crippen molar-refractivity contribution >= 4 is 6.09 Å². The van der Waals surface area contributed by atoms with Gasteiger partial charge in [0.25, 0.3) is 0 Å². The number of amides is 1. The minimum Gasteiger partial charge on any atom is -0.496 e. The Bertz CT molecular complexity index is 475. The molecule has 1 heterocycles. The Morgan fingerprint density at radius 2 is 2.25 bits per heavy atom. The van der Waals surface area contributed by atoms with Crippen LogP contribution < -0.4 is 4.74 Å². The smallest absolute Gasteiger partial charge is 0.409 e. The van der Waals surface area contributed by atoms with Gasteiger partial charge in [0.2, 0.25) is 0 Å². The molecule has 1 N–H and O–H groups in total. The quantitative estimate of drug-likeness (QED) is 0.920. The van der Waals surface area contributed by atoms with Crippen molar-refractivity contribution in [3.8, 4) is 5.75 Å². The summed E-state index contributed by atoms with van der Waals surface area (Å²) in [5.41, 5.74) is 2.08. The Labute approximate surface area is 119 Å². The zero-order chi connectivity index (χ0) is 14.5. The van der Waals surface area contributed by atoms with E-state index in [0.717, 1.165) is 36.1 Å². The van der Waals surface area contributed by atoms with Crippen LogP contribution in [0.1, 0.15) is 30.4 Å². The molecule has 1 aromatic rings. The van der Waals surface area contributed by atoms with Crippen molar-refractivity contribution in [2.24, 2.45) is 0 Å². The highest BCUT2D eigenvalue weighted by atomic mass is 16.5. The van der Waals surface area contributed by atoms with Crippen LogP contribution >= 0.6 is 0 Å². The van der Waals surface area contributed by atoms with E-state index < -0.39 is 6.09 Å². The number of carbonyl (C=O) groups is 1. The van der Waals surface area contributed by atoms with Crippen molar-refractivity contribution in [1.82, 2.24) is 4.90 Å². The van der Waals surface area contributed by atoms with E-state index in [0.29, 0.717) is 13.2 Å². The first-order chi connectivity index (χ1) is 9.61.